The first-order valence-electron chi connectivity index (χ1n) is 11.3. The average Bonchev–Trinajstić information content (AvgIpc) is 3.16. The van der Waals surface area contributed by atoms with E-state index in [2.05, 4.69) is 27.6 Å². The van der Waals surface area contributed by atoms with E-state index in [9.17, 15) is 4.79 Å². The van der Waals surface area contributed by atoms with Gasteiger partial charge < -0.3 is 14.8 Å². The normalized spacial score (nSPS) is 20.3. The molecule has 3 heterocycles. The van der Waals surface area contributed by atoms with E-state index in [0.29, 0.717) is 25.1 Å². The van der Waals surface area contributed by atoms with Crippen molar-refractivity contribution >= 4 is 0 Å². The van der Waals surface area contributed by atoms with Crippen LogP contribution in [0.5, 0.6) is 11.5 Å². The number of fused-ring (bicyclic) bond motifs is 1. The van der Waals surface area contributed by atoms with Crippen molar-refractivity contribution in [1.82, 2.24) is 24.9 Å². The predicted molar refractivity (Wildman–Crippen MR) is 121 cm³/mol. The second-order valence-corrected chi connectivity index (χ2v) is 8.68. The molecule has 2 aromatic heterocycles. The Morgan fingerprint density at radius 2 is 1.75 bits per heavy atom. The maximum atomic E-state index is 12.5. The van der Waals surface area contributed by atoms with Gasteiger partial charge in [0.15, 0.2) is 17.3 Å². The quantitative estimate of drug-likeness (QED) is 0.663. The predicted octanol–water partition coefficient (Wildman–Crippen LogP) is 3.09. The molecule has 5 rings (SSSR count). The Morgan fingerprint density at radius 1 is 0.969 bits per heavy atom. The van der Waals surface area contributed by atoms with Gasteiger partial charge in [-0.25, -0.2) is 9.36 Å². The highest BCUT2D eigenvalue weighted by Gasteiger charge is 2.24. The maximum absolute atomic E-state index is 12.5. The Bertz CT molecular complexity index is 1160. The molecular weight excluding hydrogens is 406 g/mol. The standard InChI is InChI=1S/C24H29N5O3/c1-16-13-17(2)28(26-16)23-9-10-24(30)29(27-23)20-6-4-19(5-7-20)25-15-18-3-8-21-22(14-18)32-12-11-31-21/h3,8-10,13-14,19-20,25H,4-7,11-12,15H2,1-2H3. The summed E-state index contributed by atoms with van der Waals surface area (Å²) in [4.78, 5) is 12.5. The fourth-order valence-corrected chi connectivity index (χ4v) is 4.63. The van der Waals surface area contributed by atoms with Crippen molar-refractivity contribution in [1.29, 1.82) is 0 Å². The highest BCUT2D eigenvalue weighted by atomic mass is 16.6. The average molecular weight is 436 g/mol. The van der Waals surface area contributed by atoms with Crippen LogP contribution in [0, 0.1) is 13.8 Å². The Labute approximate surface area is 187 Å². The second-order valence-electron chi connectivity index (χ2n) is 8.68. The fourth-order valence-electron chi connectivity index (χ4n) is 4.63. The van der Waals surface area contributed by atoms with Crippen LogP contribution in [0.1, 0.15) is 48.7 Å². The van der Waals surface area contributed by atoms with Gasteiger partial charge in [0.2, 0.25) is 0 Å². The maximum Gasteiger partial charge on any atom is 0.267 e. The Hall–Kier alpha value is -3.13. The number of rotatable bonds is 5. The van der Waals surface area contributed by atoms with Gasteiger partial charge in [-0.15, -0.1) is 5.10 Å². The topological polar surface area (TPSA) is 83.2 Å². The lowest BCUT2D eigenvalue weighted by atomic mass is 9.91. The number of hydrogen-bond donors (Lipinski definition) is 1. The molecule has 32 heavy (non-hydrogen) atoms. The molecule has 3 aromatic rings. The van der Waals surface area contributed by atoms with E-state index in [4.69, 9.17) is 9.47 Å². The van der Waals surface area contributed by atoms with Crippen molar-refractivity contribution in [3.05, 3.63) is 63.7 Å². The lowest BCUT2D eigenvalue weighted by Gasteiger charge is -2.30. The monoisotopic (exact) mass is 435 g/mol. The SMILES string of the molecule is Cc1cc(C)n(-c2ccc(=O)n(C3CCC(NCc4ccc5c(c4)OCCO5)CC3)n2)n1. The summed E-state index contributed by atoms with van der Waals surface area (Å²) < 4.78 is 14.7. The van der Waals surface area contributed by atoms with Gasteiger partial charge in [-0.05, 0) is 69.4 Å². The third-order valence-corrected chi connectivity index (χ3v) is 6.28. The van der Waals surface area contributed by atoms with Crippen molar-refractivity contribution < 1.29 is 9.47 Å². The van der Waals surface area contributed by atoms with Crippen LogP contribution in [-0.2, 0) is 6.54 Å². The van der Waals surface area contributed by atoms with Crippen LogP contribution in [0.3, 0.4) is 0 Å². The summed E-state index contributed by atoms with van der Waals surface area (Å²) >= 11 is 0. The summed E-state index contributed by atoms with van der Waals surface area (Å²) in [5.41, 5.74) is 3.08. The summed E-state index contributed by atoms with van der Waals surface area (Å²) in [6.45, 7) is 5.95. The molecule has 1 aliphatic carbocycles. The molecular formula is C24H29N5O3. The summed E-state index contributed by atoms with van der Waals surface area (Å²) in [6.07, 6.45) is 3.86. The first kappa shape index (κ1) is 20.8. The number of benzene rings is 1. The summed E-state index contributed by atoms with van der Waals surface area (Å²) in [7, 11) is 0. The molecule has 0 atom stereocenters. The molecule has 0 bridgehead atoms. The van der Waals surface area contributed by atoms with Crippen LogP contribution in [-0.4, -0.2) is 38.8 Å². The Morgan fingerprint density at radius 3 is 2.50 bits per heavy atom. The zero-order valence-corrected chi connectivity index (χ0v) is 18.6. The minimum absolute atomic E-state index is 0.0528. The van der Waals surface area contributed by atoms with E-state index in [1.807, 2.05) is 26.0 Å². The molecule has 168 valence electrons. The Balaban J connectivity index is 1.21. The van der Waals surface area contributed by atoms with Crippen molar-refractivity contribution in [3.63, 3.8) is 0 Å². The van der Waals surface area contributed by atoms with E-state index < -0.39 is 0 Å². The van der Waals surface area contributed by atoms with Crippen molar-refractivity contribution in [2.24, 2.45) is 0 Å². The zero-order chi connectivity index (χ0) is 22.1. The van der Waals surface area contributed by atoms with Crippen LogP contribution < -0.4 is 20.3 Å². The van der Waals surface area contributed by atoms with Gasteiger partial charge in [-0.1, -0.05) is 6.07 Å². The molecule has 0 unspecified atom stereocenters. The van der Waals surface area contributed by atoms with Crippen LogP contribution in [0.25, 0.3) is 5.82 Å². The molecule has 1 saturated carbocycles. The van der Waals surface area contributed by atoms with E-state index in [1.165, 1.54) is 5.56 Å². The van der Waals surface area contributed by atoms with Gasteiger partial charge in [-0.2, -0.15) is 5.10 Å². The van der Waals surface area contributed by atoms with Crippen molar-refractivity contribution in [3.8, 4) is 17.3 Å². The minimum Gasteiger partial charge on any atom is -0.486 e. The number of ether oxygens (including phenoxy) is 2. The molecule has 0 amide bonds. The first-order valence-corrected chi connectivity index (χ1v) is 11.3. The summed E-state index contributed by atoms with van der Waals surface area (Å²) in [5, 5.41) is 12.8. The molecule has 8 nitrogen and oxygen atoms in total. The molecule has 1 N–H and O–H groups in total. The van der Waals surface area contributed by atoms with E-state index in [-0.39, 0.29) is 11.6 Å². The van der Waals surface area contributed by atoms with Crippen LogP contribution in [0.15, 0.2) is 41.2 Å². The molecule has 0 saturated heterocycles. The number of nitrogens with zero attached hydrogens (tertiary/aromatic N) is 4. The number of nitrogens with one attached hydrogen (secondary N) is 1. The smallest absolute Gasteiger partial charge is 0.267 e. The van der Waals surface area contributed by atoms with Crippen LogP contribution >= 0.6 is 0 Å². The fraction of sp³-hybridized carbons (Fsp3) is 0.458. The molecule has 2 aliphatic rings. The lowest BCUT2D eigenvalue weighted by molar-refractivity contribution is 0.171. The molecule has 0 radical (unpaired) electrons. The molecule has 1 fully saturated rings. The number of aromatic nitrogens is 4. The largest absolute Gasteiger partial charge is 0.486 e. The van der Waals surface area contributed by atoms with Gasteiger partial charge in [-0.3, -0.25) is 4.79 Å². The van der Waals surface area contributed by atoms with Gasteiger partial charge in [0.1, 0.15) is 13.2 Å². The third kappa shape index (κ3) is 4.27. The van der Waals surface area contributed by atoms with Gasteiger partial charge in [0.05, 0.1) is 11.7 Å². The number of aryl methyl sites for hydroxylation is 2. The van der Waals surface area contributed by atoms with E-state index in [1.54, 1.807) is 21.5 Å². The second kappa shape index (κ2) is 8.78. The third-order valence-electron chi connectivity index (χ3n) is 6.28. The molecule has 8 heteroatoms. The Kier molecular flexibility index (Phi) is 5.70. The molecule has 0 spiro atoms. The summed E-state index contributed by atoms with van der Waals surface area (Å²) in [5.74, 6) is 2.34. The minimum atomic E-state index is -0.0528. The number of hydrogen-bond acceptors (Lipinski definition) is 6. The lowest BCUT2D eigenvalue weighted by Crippen LogP contribution is -2.36. The molecule has 1 aromatic carbocycles. The van der Waals surface area contributed by atoms with Crippen molar-refractivity contribution in [2.45, 2.75) is 58.2 Å². The highest BCUT2D eigenvalue weighted by molar-refractivity contribution is 5.43. The van der Waals surface area contributed by atoms with Crippen molar-refractivity contribution in [2.75, 3.05) is 13.2 Å². The summed E-state index contributed by atoms with van der Waals surface area (Å²) in [6, 6.07) is 12.0. The molecule has 1 aliphatic heterocycles. The van der Waals surface area contributed by atoms with Gasteiger partial charge in [0, 0.05) is 24.3 Å². The van der Waals surface area contributed by atoms with Gasteiger partial charge >= 0.3 is 0 Å². The zero-order valence-electron chi connectivity index (χ0n) is 18.6. The highest BCUT2D eigenvalue weighted by Crippen LogP contribution is 2.31. The van der Waals surface area contributed by atoms with Gasteiger partial charge in [0.25, 0.3) is 5.56 Å². The van der Waals surface area contributed by atoms with E-state index >= 15 is 0 Å². The first-order chi connectivity index (χ1) is 15.6. The van der Waals surface area contributed by atoms with E-state index in [0.717, 1.165) is 55.1 Å². The van der Waals surface area contributed by atoms with Crippen LogP contribution in [0.2, 0.25) is 0 Å². The van der Waals surface area contributed by atoms with Crippen LogP contribution in [0.4, 0.5) is 0 Å².